The molecule has 0 atom stereocenters. The molecule has 6 heteroatoms. The average Bonchev–Trinajstić information content (AvgIpc) is 3.18. The van der Waals surface area contributed by atoms with Gasteiger partial charge in [0, 0.05) is 16.7 Å². The largest absolute Gasteiger partial charge is 0.507 e. The van der Waals surface area contributed by atoms with Crippen LogP contribution < -0.4 is 5.43 Å². The van der Waals surface area contributed by atoms with Crippen LogP contribution in [0.4, 0.5) is 0 Å². The Hall–Kier alpha value is -3.41. The van der Waals surface area contributed by atoms with Crippen LogP contribution in [-0.4, -0.2) is 27.4 Å². The van der Waals surface area contributed by atoms with Gasteiger partial charge >= 0.3 is 0 Å². The van der Waals surface area contributed by atoms with Gasteiger partial charge < -0.3 is 5.11 Å². The third-order valence-corrected chi connectivity index (χ3v) is 5.30. The number of hydrazone groups is 1. The van der Waals surface area contributed by atoms with Crippen LogP contribution in [0.1, 0.15) is 74.3 Å². The van der Waals surface area contributed by atoms with Crippen LogP contribution in [0.2, 0.25) is 0 Å². The van der Waals surface area contributed by atoms with Crippen molar-refractivity contribution >= 4 is 12.1 Å². The molecule has 32 heavy (non-hydrogen) atoms. The highest BCUT2D eigenvalue weighted by molar-refractivity contribution is 5.94. The Labute approximate surface area is 189 Å². The maximum atomic E-state index is 12.5. The second-order valence-corrected chi connectivity index (χ2v) is 10.2. The van der Waals surface area contributed by atoms with Gasteiger partial charge in [0.15, 0.2) is 0 Å². The zero-order valence-electron chi connectivity index (χ0n) is 19.9. The number of aromatic hydroxyl groups is 1. The maximum Gasteiger partial charge on any atom is 0.289 e. The van der Waals surface area contributed by atoms with E-state index < -0.39 is 0 Å². The van der Waals surface area contributed by atoms with Gasteiger partial charge in [0.25, 0.3) is 5.91 Å². The second-order valence-electron chi connectivity index (χ2n) is 10.2. The molecule has 0 aliphatic heterocycles. The molecule has 1 aromatic heterocycles. The SMILES string of the molecule is Cc1ccc(-c2cc(C(=O)N/N=C/c3cc(C(C)(C)C)c(O)c(C(C)(C)C)c3)[nH]n2)cc1. The Morgan fingerprint density at radius 3 is 2.09 bits per heavy atom. The van der Waals surface area contributed by atoms with Crippen molar-refractivity contribution in [1.29, 1.82) is 0 Å². The van der Waals surface area contributed by atoms with E-state index in [2.05, 4.69) is 62.3 Å². The van der Waals surface area contributed by atoms with Crippen molar-refractivity contribution < 1.29 is 9.90 Å². The Bertz CT molecular complexity index is 1110. The second kappa shape index (κ2) is 8.61. The van der Waals surface area contributed by atoms with Crippen molar-refractivity contribution in [2.75, 3.05) is 0 Å². The van der Waals surface area contributed by atoms with Crippen molar-refractivity contribution in [3.63, 3.8) is 0 Å². The number of carbonyl (C=O) groups excluding carboxylic acids is 1. The summed E-state index contributed by atoms with van der Waals surface area (Å²) >= 11 is 0. The number of nitrogens with zero attached hydrogens (tertiary/aromatic N) is 2. The molecule has 0 radical (unpaired) electrons. The number of aryl methyl sites for hydroxylation is 1. The molecule has 0 aliphatic carbocycles. The molecule has 6 nitrogen and oxygen atoms in total. The Morgan fingerprint density at radius 2 is 1.56 bits per heavy atom. The molecule has 3 N–H and O–H groups in total. The molecule has 3 aromatic rings. The molecule has 0 saturated carbocycles. The van der Waals surface area contributed by atoms with E-state index in [4.69, 9.17) is 0 Å². The first-order chi connectivity index (χ1) is 14.9. The predicted molar refractivity (Wildman–Crippen MR) is 129 cm³/mol. The summed E-state index contributed by atoms with van der Waals surface area (Å²) in [5, 5.41) is 22.0. The predicted octanol–water partition coefficient (Wildman–Crippen LogP) is 5.45. The van der Waals surface area contributed by atoms with Gasteiger partial charge in [-0.2, -0.15) is 10.2 Å². The van der Waals surface area contributed by atoms with Gasteiger partial charge in [0.05, 0.1) is 11.9 Å². The highest BCUT2D eigenvalue weighted by Gasteiger charge is 2.26. The van der Waals surface area contributed by atoms with E-state index in [1.807, 2.05) is 43.3 Å². The minimum atomic E-state index is -0.377. The van der Waals surface area contributed by atoms with Crippen LogP contribution in [0.15, 0.2) is 47.6 Å². The molecule has 168 valence electrons. The molecular formula is C26H32N4O2. The number of nitrogens with one attached hydrogen (secondary N) is 2. The van der Waals surface area contributed by atoms with E-state index in [1.54, 1.807) is 12.3 Å². The fourth-order valence-corrected chi connectivity index (χ4v) is 3.41. The van der Waals surface area contributed by atoms with Crippen LogP contribution in [-0.2, 0) is 10.8 Å². The number of phenols is 1. The zero-order valence-corrected chi connectivity index (χ0v) is 19.9. The molecular weight excluding hydrogens is 400 g/mol. The quantitative estimate of drug-likeness (QED) is 0.378. The normalized spacial score (nSPS) is 12.3. The molecule has 0 bridgehead atoms. The van der Waals surface area contributed by atoms with Gasteiger partial charge in [0.1, 0.15) is 11.4 Å². The van der Waals surface area contributed by atoms with Crippen molar-refractivity contribution in [3.8, 4) is 17.0 Å². The summed E-state index contributed by atoms with van der Waals surface area (Å²) in [5.74, 6) is -0.0646. The molecule has 0 spiro atoms. The van der Waals surface area contributed by atoms with Crippen molar-refractivity contribution in [1.82, 2.24) is 15.6 Å². The summed E-state index contributed by atoms with van der Waals surface area (Å²) in [6, 6.07) is 13.5. The lowest BCUT2D eigenvalue weighted by molar-refractivity contribution is 0.0950. The highest BCUT2D eigenvalue weighted by Crippen LogP contribution is 2.39. The summed E-state index contributed by atoms with van der Waals surface area (Å²) in [7, 11) is 0. The Balaban J connectivity index is 1.80. The minimum absolute atomic E-state index is 0.237. The van der Waals surface area contributed by atoms with Gasteiger partial charge in [-0.1, -0.05) is 71.4 Å². The third kappa shape index (κ3) is 5.25. The molecule has 1 heterocycles. The van der Waals surface area contributed by atoms with Crippen molar-refractivity contribution in [2.45, 2.75) is 59.3 Å². The number of hydrogen-bond acceptors (Lipinski definition) is 4. The average molecular weight is 433 g/mol. The number of benzene rings is 2. The molecule has 0 unspecified atom stereocenters. The van der Waals surface area contributed by atoms with E-state index >= 15 is 0 Å². The first kappa shape index (κ1) is 23.3. The van der Waals surface area contributed by atoms with E-state index in [-0.39, 0.29) is 16.7 Å². The van der Waals surface area contributed by atoms with Crippen molar-refractivity contribution in [3.05, 3.63) is 70.4 Å². The molecule has 0 fully saturated rings. The van der Waals surface area contributed by atoms with E-state index in [0.717, 1.165) is 27.8 Å². The number of aromatic amines is 1. The molecule has 1 amide bonds. The number of carbonyl (C=O) groups is 1. The molecule has 3 rings (SSSR count). The van der Waals surface area contributed by atoms with Gasteiger partial charge in [-0.25, -0.2) is 5.43 Å². The third-order valence-electron chi connectivity index (χ3n) is 5.30. The molecule has 0 saturated heterocycles. The van der Waals surface area contributed by atoms with Crippen LogP contribution in [0, 0.1) is 6.92 Å². The monoisotopic (exact) mass is 432 g/mol. The van der Waals surface area contributed by atoms with E-state index in [9.17, 15) is 9.90 Å². The Morgan fingerprint density at radius 1 is 1.00 bits per heavy atom. The van der Waals surface area contributed by atoms with Crippen LogP contribution in [0.5, 0.6) is 5.75 Å². The first-order valence-corrected chi connectivity index (χ1v) is 10.7. The lowest BCUT2D eigenvalue weighted by Crippen LogP contribution is -2.19. The number of amides is 1. The summed E-state index contributed by atoms with van der Waals surface area (Å²) in [6.07, 6.45) is 1.60. The van der Waals surface area contributed by atoms with Crippen LogP contribution in [0.3, 0.4) is 0 Å². The number of aromatic nitrogens is 2. The summed E-state index contributed by atoms with van der Waals surface area (Å²) in [6.45, 7) is 14.4. The topological polar surface area (TPSA) is 90.4 Å². The summed E-state index contributed by atoms with van der Waals surface area (Å²) in [4.78, 5) is 12.5. The molecule has 2 aromatic carbocycles. The number of phenolic OH excluding ortho intramolecular Hbond substituents is 1. The zero-order chi connectivity index (χ0) is 23.7. The van der Waals surface area contributed by atoms with Gasteiger partial charge in [0.2, 0.25) is 0 Å². The molecule has 0 aliphatic rings. The van der Waals surface area contributed by atoms with Gasteiger partial charge in [-0.05, 0) is 41.5 Å². The highest BCUT2D eigenvalue weighted by atomic mass is 16.3. The maximum absolute atomic E-state index is 12.5. The summed E-state index contributed by atoms with van der Waals surface area (Å²) < 4.78 is 0. The van der Waals surface area contributed by atoms with Gasteiger partial charge in [-0.15, -0.1) is 0 Å². The minimum Gasteiger partial charge on any atom is -0.507 e. The fraction of sp³-hybridized carbons (Fsp3) is 0.346. The lowest BCUT2D eigenvalue weighted by Gasteiger charge is -2.27. The summed E-state index contributed by atoms with van der Waals surface area (Å²) in [5.41, 5.74) is 7.69. The van der Waals surface area contributed by atoms with Gasteiger partial charge in [-0.3, -0.25) is 9.89 Å². The fourth-order valence-electron chi connectivity index (χ4n) is 3.41. The smallest absolute Gasteiger partial charge is 0.289 e. The van der Waals surface area contributed by atoms with E-state index in [0.29, 0.717) is 17.1 Å². The van der Waals surface area contributed by atoms with Crippen molar-refractivity contribution in [2.24, 2.45) is 5.10 Å². The lowest BCUT2D eigenvalue weighted by atomic mass is 9.78. The first-order valence-electron chi connectivity index (χ1n) is 10.7. The van der Waals surface area contributed by atoms with Crippen LogP contribution >= 0.6 is 0 Å². The Kier molecular flexibility index (Phi) is 6.26. The standard InChI is InChI=1S/C26H32N4O2/c1-16-8-10-18(11-9-16)21-14-22(29-28-21)24(32)30-27-15-17-12-19(25(2,3)4)23(31)20(13-17)26(5,6)7/h8-15,31H,1-7H3,(H,28,29)(H,30,32)/b27-15+. The van der Waals surface area contributed by atoms with E-state index in [1.165, 1.54) is 0 Å². The number of hydrogen-bond donors (Lipinski definition) is 3. The van der Waals surface area contributed by atoms with Crippen LogP contribution in [0.25, 0.3) is 11.3 Å². The number of H-pyrrole nitrogens is 1. The number of rotatable bonds is 4.